The fourth-order valence-electron chi connectivity index (χ4n) is 0.759. The minimum absolute atomic E-state index is 0.734. The molecule has 0 aromatic heterocycles. The van der Waals surface area contributed by atoms with Crippen molar-refractivity contribution < 1.29 is 4.74 Å². The molecule has 0 fully saturated rings. The van der Waals surface area contributed by atoms with Crippen molar-refractivity contribution in [2.24, 2.45) is 0 Å². The van der Waals surface area contributed by atoms with Crippen LogP contribution >= 0.6 is 0 Å². The van der Waals surface area contributed by atoms with Crippen LogP contribution in [0.5, 0.6) is 0 Å². The van der Waals surface area contributed by atoms with Crippen LogP contribution in [-0.2, 0) is 4.74 Å². The number of ether oxygens (including phenoxy) is 1. The molecule has 64 valence electrons. The minimum Gasteiger partial charge on any atom is -0.381 e. The first kappa shape index (κ1) is 10.4. The third-order valence-corrected chi connectivity index (χ3v) is 1.33. The highest BCUT2D eigenvalue weighted by Crippen LogP contribution is 1.93. The van der Waals surface area contributed by atoms with Crippen LogP contribution in [-0.4, -0.2) is 13.7 Å². The molecule has 0 radical (unpaired) electrons. The van der Waals surface area contributed by atoms with Crippen molar-refractivity contribution in [2.45, 2.75) is 26.2 Å². The minimum atomic E-state index is 0.734. The highest BCUT2D eigenvalue weighted by atomic mass is 16.5. The molecule has 1 nitrogen and oxygen atoms in total. The zero-order valence-electron chi connectivity index (χ0n) is 7.55. The number of hydrogen-bond acceptors (Lipinski definition) is 1. The van der Waals surface area contributed by atoms with Gasteiger partial charge in [-0.1, -0.05) is 31.2 Å². The van der Waals surface area contributed by atoms with E-state index in [1.807, 2.05) is 0 Å². The van der Waals surface area contributed by atoms with Crippen molar-refractivity contribution in [3.8, 4) is 0 Å². The van der Waals surface area contributed by atoms with E-state index < -0.39 is 0 Å². The average molecular weight is 154 g/mol. The van der Waals surface area contributed by atoms with Gasteiger partial charge in [-0.25, -0.2) is 0 Å². The van der Waals surface area contributed by atoms with Crippen LogP contribution in [0.15, 0.2) is 24.3 Å². The lowest BCUT2D eigenvalue weighted by Gasteiger charge is -1.88. The average Bonchev–Trinajstić information content (AvgIpc) is 2.03. The molecule has 0 unspecified atom stereocenters. The van der Waals surface area contributed by atoms with Gasteiger partial charge in [0.05, 0.1) is 6.61 Å². The summed E-state index contributed by atoms with van der Waals surface area (Å²) < 4.78 is 4.86. The SMILES string of the molecule is CC/C=C\CC/C=C/COC. The topological polar surface area (TPSA) is 9.23 Å². The second-order valence-corrected chi connectivity index (χ2v) is 2.38. The molecule has 11 heavy (non-hydrogen) atoms. The van der Waals surface area contributed by atoms with E-state index in [9.17, 15) is 0 Å². The Morgan fingerprint density at radius 2 is 1.64 bits per heavy atom. The third-order valence-electron chi connectivity index (χ3n) is 1.33. The van der Waals surface area contributed by atoms with Gasteiger partial charge in [-0.15, -0.1) is 0 Å². The molecular weight excluding hydrogens is 136 g/mol. The first-order valence-electron chi connectivity index (χ1n) is 4.20. The molecule has 0 bridgehead atoms. The summed E-state index contributed by atoms with van der Waals surface area (Å²) in [6.45, 7) is 2.88. The van der Waals surface area contributed by atoms with Gasteiger partial charge in [0.25, 0.3) is 0 Å². The second kappa shape index (κ2) is 9.44. The molecule has 0 aliphatic carbocycles. The van der Waals surface area contributed by atoms with Crippen LogP contribution in [0.2, 0.25) is 0 Å². The lowest BCUT2D eigenvalue weighted by atomic mass is 10.2. The Morgan fingerprint density at radius 3 is 2.18 bits per heavy atom. The van der Waals surface area contributed by atoms with Gasteiger partial charge in [0, 0.05) is 7.11 Å². The summed E-state index contributed by atoms with van der Waals surface area (Å²) in [7, 11) is 1.71. The normalized spacial score (nSPS) is 11.8. The molecular formula is C10H18O. The Morgan fingerprint density at radius 1 is 1.00 bits per heavy atom. The van der Waals surface area contributed by atoms with Gasteiger partial charge in [0.15, 0.2) is 0 Å². The Balaban J connectivity index is 3.06. The van der Waals surface area contributed by atoms with Crippen LogP contribution in [0.1, 0.15) is 26.2 Å². The summed E-state index contributed by atoms with van der Waals surface area (Å²) in [6.07, 6.45) is 12.0. The second-order valence-electron chi connectivity index (χ2n) is 2.38. The zero-order chi connectivity index (χ0) is 8.36. The Bertz CT molecular complexity index is 114. The summed E-state index contributed by atoms with van der Waals surface area (Å²) in [5, 5.41) is 0. The van der Waals surface area contributed by atoms with Gasteiger partial charge in [0.1, 0.15) is 0 Å². The van der Waals surface area contributed by atoms with Crippen molar-refractivity contribution >= 4 is 0 Å². The van der Waals surface area contributed by atoms with Gasteiger partial charge >= 0.3 is 0 Å². The Kier molecular flexibility index (Phi) is 8.96. The molecule has 1 heteroatoms. The molecule has 0 aromatic rings. The van der Waals surface area contributed by atoms with E-state index >= 15 is 0 Å². The highest BCUT2D eigenvalue weighted by molar-refractivity contribution is 4.87. The van der Waals surface area contributed by atoms with Gasteiger partial charge < -0.3 is 4.74 Å². The maximum absolute atomic E-state index is 4.86. The largest absolute Gasteiger partial charge is 0.381 e. The fourth-order valence-corrected chi connectivity index (χ4v) is 0.759. The summed E-state index contributed by atoms with van der Waals surface area (Å²) in [5.74, 6) is 0. The monoisotopic (exact) mass is 154 g/mol. The molecule has 0 aliphatic heterocycles. The number of rotatable bonds is 6. The van der Waals surface area contributed by atoms with Crippen LogP contribution in [0.25, 0.3) is 0 Å². The molecule has 0 aliphatic rings. The number of allylic oxidation sites excluding steroid dienone is 3. The molecule has 0 amide bonds. The first-order chi connectivity index (χ1) is 5.41. The zero-order valence-corrected chi connectivity index (χ0v) is 7.55. The number of methoxy groups -OCH3 is 1. The number of unbranched alkanes of at least 4 members (excludes halogenated alkanes) is 1. The molecule has 0 saturated carbocycles. The molecule has 0 saturated heterocycles. The molecule has 0 spiro atoms. The van der Waals surface area contributed by atoms with Gasteiger partial charge in [0.2, 0.25) is 0 Å². The summed E-state index contributed by atoms with van der Waals surface area (Å²) in [4.78, 5) is 0. The quantitative estimate of drug-likeness (QED) is 0.422. The maximum Gasteiger partial charge on any atom is 0.0643 e. The fraction of sp³-hybridized carbons (Fsp3) is 0.600. The molecule has 0 aromatic carbocycles. The first-order valence-corrected chi connectivity index (χ1v) is 4.20. The van der Waals surface area contributed by atoms with E-state index in [-0.39, 0.29) is 0 Å². The van der Waals surface area contributed by atoms with Crippen molar-refractivity contribution in [1.82, 2.24) is 0 Å². The van der Waals surface area contributed by atoms with Gasteiger partial charge in [-0.3, -0.25) is 0 Å². The van der Waals surface area contributed by atoms with Gasteiger partial charge in [-0.2, -0.15) is 0 Å². The van der Waals surface area contributed by atoms with Crippen LogP contribution in [0.3, 0.4) is 0 Å². The predicted molar refractivity (Wildman–Crippen MR) is 49.7 cm³/mol. The Hall–Kier alpha value is -0.560. The molecule has 0 rings (SSSR count). The highest BCUT2D eigenvalue weighted by Gasteiger charge is 1.75. The smallest absolute Gasteiger partial charge is 0.0643 e. The molecule has 0 N–H and O–H groups in total. The summed E-state index contributed by atoms with van der Waals surface area (Å²) in [5.41, 5.74) is 0. The van der Waals surface area contributed by atoms with E-state index in [0.29, 0.717) is 0 Å². The molecule has 0 atom stereocenters. The van der Waals surface area contributed by atoms with Crippen molar-refractivity contribution in [2.75, 3.05) is 13.7 Å². The van der Waals surface area contributed by atoms with Crippen molar-refractivity contribution in [1.29, 1.82) is 0 Å². The summed E-state index contributed by atoms with van der Waals surface area (Å²) in [6, 6.07) is 0. The van der Waals surface area contributed by atoms with E-state index in [4.69, 9.17) is 4.74 Å². The third kappa shape index (κ3) is 9.44. The van der Waals surface area contributed by atoms with Crippen LogP contribution in [0.4, 0.5) is 0 Å². The lowest BCUT2D eigenvalue weighted by Crippen LogP contribution is -1.79. The van der Waals surface area contributed by atoms with Crippen LogP contribution < -0.4 is 0 Å². The van der Waals surface area contributed by atoms with E-state index in [2.05, 4.69) is 31.2 Å². The van der Waals surface area contributed by atoms with Crippen molar-refractivity contribution in [3.05, 3.63) is 24.3 Å². The predicted octanol–water partition coefficient (Wildman–Crippen LogP) is 2.94. The van der Waals surface area contributed by atoms with E-state index in [1.165, 1.54) is 0 Å². The van der Waals surface area contributed by atoms with E-state index in [0.717, 1.165) is 25.9 Å². The van der Waals surface area contributed by atoms with Crippen LogP contribution in [0, 0.1) is 0 Å². The standard InChI is InChI=1S/C10H18O/c1-3-4-5-6-7-8-9-10-11-2/h4-5,8-9H,3,6-7,10H2,1-2H3/b5-4-,9-8+. The van der Waals surface area contributed by atoms with Crippen molar-refractivity contribution in [3.63, 3.8) is 0 Å². The Labute approximate surface area is 69.8 Å². The lowest BCUT2D eigenvalue weighted by molar-refractivity contribution is 0.233. The number of hydrogen-bond donors (Lipinski definition) is 0. The maximum atomic E-state index is 4.86. The van der Waals surface area contributed by atoms with Gasteiger partial charge in [-0.05, 0) is 19.3 Å². The van der Waals surface area contributed by atoms with E-state index in [1.54, 1.807) is 7.11 Å². The molecule has 0 heterocycles. The summed E-state index contributed by atoms with van der Waals surface area (Å²) >= 11 is 0.